The van der Waals surface area contributed by atoms with Crippen LogP contribution in [0.1, 0.15) is 98.8 Å². The molecule has 1 nitrogen and oxygen atoms in total. The fourth-order valence-corrected chi connectivity index (χ4v) is 7.91. The SMILES string of the molecule is CC(C)CCC[C@@H](C)[C@H]1CC[C@H]2C3=C(CC[C@]12C)[C@@]1(C)CC[C@H](O)C[C@@H]1C=C3. The Morgan fingerprint density at radius 2 is 1.86 bits per heavy atom. The Kier molecular flexibility index (Phi) is 5.62. The van der Waals surface area contributed by atoms with Crippen LogP contribution in [-0.4, -0.2) is 11.2 Å². The Bertz CT molecular complexity index is 643. The summed E-state index contributed by atoms with van der Waals surface area (Å²) in [6, 6.07) is 0. The van der Waals surface area contributed by atoms with Crippen molar-refractivity contribution in [2.75, 3.05) is 0 Å². The van der Waals surface area contributed by atoms with Crippen LogP contribution < -0.4 is 0 Å². The van der Waals surface area contributed by atoms with Crippen molar-refractivity contribution in [2.45, 2.75) is 105 Å². The second-order valence-corrected chi connectivity index (χ2v) is 11.8. The van der Waals surface area contributed by atoms with Crippen molar-refractivity contribution in [2.24, 2.45) is 40.4 Å². The highest BCUT2D eigenvalue weighted by Gasteiger charge is 2.54. The first-order chi connectivity index (χ1) is 13.3. The average molecular weight is 385 g/mol. The normalized spacial score (nSPS) is 43.7. The van der Waals surface area contributed by atoms with Gasteiger partial charge >= 0.3 is 0 Å². The molecule has 28 heavy (non-hydrogen) atoms. The van der Waals surface area contributed by atoms with Crippen molar-refractivity contribution in [3.8, 4) is 0 Å². The summed E-state index contributed by atoms with van der Waals surface area (Å²) < 4.78 is 0. The first-order valence-electron chi connectivity index (χ1n) is 12.4. The van der Waals surface area contributed by atoms with Crippen LogP contribution in [0.25, 0.3) is 0 Å². The maximum atomic E-state index is 10.2. The van der Waals surface area contributed by atoms with E-state index in [2.05, 4.69) is 46.8 Å². The van der Waals surface area contributed by atoms with Crippen molar-refractivity contribution in [3.05, 3.63) is 23.3 Å². The van der Waals surface area contributed by atoms with Gasteiger partial charge in [-0.15, -0.1) is 0 Å². The van der Waals surface area contributed by atoms with Gasteiger partial charge in [-0.2, -0.15) is 0 Å². The third kappa shape index (κ3) is 3.34. The molecule has 0 aliphatic heterocycles. The van der Waals surface area contributed by atoms with Crippen LogP contribution >= 0.6 is 0 Å². The van der Waals surface area contributed by atoms with Crippen molar-refractivity contribution < 1.29 is 5.11 Å². The summed E-state index contributed by atoms with van der Waals surface area (Å²) >= 11 is 0. The smallest absolute Gasteiger partial charge is 0.0546 e. The molecule has 0 unspecified atom stereocenters. The van der Waals surface area contributed by atoms with E-state index in [1.165, 1.54) is 51.4 Å². The second-order valence-electron chi connectivity index (χ2n) is 11.8. The van der Waals surface area contributed by atoms with Gasteiger partial charge in [0.25, 0.3) is 0 Å². The van der Waals surface area contributed by atoms with E-state index in [1.54, 1.807) is 11.1 Å². The first-order valence-corrected chi connectivity index (χ1v) is 12.4. The van der Waals surface area contributed by atoms with Crippen LogP contribution in [0.15, 0.2) is 23.3 Å². The number of hydrogen-bond acceptors (Lipinski definition) is 1. The number of rotatable bonds is 5. The minimum atomic E-state index is -0.0821. The van der Waals surface area contributed by atoms with E-state index in [-0.39, 0.29) is 6.10 Å². The topological polar surface area (TPSA) is 20.2 Å². The monoisotopic (exact) mass is 384 g/mol. The fourth-order valence-electron chi connectivity index (χ4n) is 7.91. The molecular formula is C27H44O. The third-order valence-corrected chi connectivity index (χ3v) is 9.71. The van der Waals surface area contributed by atoms with Gasteiger partial charge in [-0.05, 0) is 90.9 Å². The lowest BCUT2D eigenvalue weighted by Crippen LogP contribution is -2.44. The van der Waals surface area contributed by atoms with Gasteiger partial charge in [0.15, 0.2) is 0 Å². The number of aliphatic hydroxyl groups excluding tert-OH is 1. The molecule has 0 spiro atoms. The molecule has 0 aromatic rings. The summed E-state index contributed by atoms with van der Waals surface area (Å²) in [5.74, 6) is 3.97. The quantitative estimate of drug-likeness (QED) is 0.527. The minimum Gasteiger partial charge on any atom is -0.393 e. The predicted molar refractivity (Wildman–Crippen MR) is 119 cm³/mol. The lowest BCUT2D eigenvalue weighted by atomic mass is 9.52. The minimum absolute atomic E-state index is 0.0821. The summed E-state index contributed by atoms with van der Waals surface area (Å²) in [6.07, 6.45) is 17.9. The molecule has 0 saturated heterocycles. The standard InChI is InChI=1S/C27H44O/c1-18(2)7-6-8-19(3)23-11-12-24-22-10-9-20-17-21(28)13-15-26(20,4)25(22)14-16-27(23,24)5/h9-10,18-21,23-24,28H,6-8,11-17H2,1-5H3/t19-,20+,21+,23-,24+,26+,27-/m1/s1. The Morgan fingerprint density at radius 3 is 2.61 bits per heavy atom. The van der Waals surface area contributed by atoms with Crippen molar-refractivity contribution in [1.29, 1.82) is 0 Å². The molecule has 4 aliphatic carbocycles. The number of aliphatic hydroxyl groups is 1. The summed E-state index contributed by atoms with van der Waals surface area (Å²) in [7, 11) is 0. The average Bonchev–Trinajstić information content (AvgIpc) is 2.99. The lowest BCUT2D eigenvalue weighted by Gasteiger charge is -2.53. The fraction of sp³-hybridized carbons (Fsp3) is 0.852. The maximum absolute atomic E-state index is 10.2. The van der Waals surface area contributed by atoms with E-state index in [4.69, 9.17) is 0 Å². The highest BCUT2D eigenvalue weighted by atomic mass is 16.3. The van der Waals surface area contributed by atoms with E-state index < -0.39 is 0 Å². The molecule has 0 aromatic carbocycles. The third-order valence-electron chi connectivity index (χ3n) is 9.71. The molecule has 0 heterocycles. The molecule has 7 atom stereocenters. The molecule has 4 aliphatic rings. The van der Waals surface area contributed by atoms with Gasteiger partial charge in [-0.3, -0.25) is 0 Å². The van der Waals surface area contributed by atoms with Crippen LogP contribution in [0.2, 0.25) is 0 Å². The molecular weight excluding hydrogens is 340 g/mol. The van der Waals surface area contributed by atoms with E-state index >= 15 is 0 Å². The lowest BCUT2D eigenvalue weighted by molar-refractivity contribution is 0.0426. The van der Waals surface area contributed by atoms with Crippen molar-refractivity contribution in [1.82, 2.24) is 0 Å². The molecule has 2 fully saturated rings. The van der Waals surface area contributed by atoms with E-state index in [0.717, 1.165) is 36.5 Å². The molecule has 2 saturated carbocycles. The Labute approximate surface area is 174 Å². The predicted octanol–water partition coefficient (Wildman–Crippen LogP) is 7.31. The highest BCUT2D eigenvalue weighted by Crippen LogP contribution is 2.64. The molecule has 0 bridgehead atoms. The zero-order valence-corrected chi connectivity index (χ0v) is 19.1. The van der Waals surface area contributed by atoms with Crippen LogP contribution in [0.4, 0.5) is 0 Å². The van der Waals surface area contributed by atoms with Crippen LogP contribution in [0, 0.1) is 40.4 Å². The molecule has 1 heteroatoms. The largest absolute Gasteiger partial charge is 0.393 e. The molecule has 1 N–H and O–H groups in total. The van der Waals surface area contributed by atoms with Gasteiger partial charge < -0.3 is 5.11 Å². The van der Waals surface area contributed by atoms with E-state index in [0.29, 0.717) is 16.7 Å². The van der Waals surface area contributed by atoms with E-state index in [9.17, 15) is 5.11 Å². The zero-order chi connectivity index (χ0) is 20.1. The van der Waals surface area contributed by atoms with Crippen LogP contribution in [0.3, 0.4) is 0 Å². The van der Waals surface area contributed by atoms with E-state index in [1.807, 2.05) is 0 Å². The summed E-state index contributed by atoms with van der Waals surface area (Å²) in [6.45, 7) is 12.4. The maximum Gasteiger partial charge on any atom is 0.0546 e. The van der Waals surface area contributed by atoms with Crippen molar-refractivity contribution >= 4 is 0 Å². The first kappa shape index (κ1) is 20.7. The Hall–Kier alpha value is -0.560. The molecule has 0 aromatic heterocycles. The molecule has 0 radical (unpaired) electrons. The van der Waals surface area contributed by atoms with Crippen LogP contribution in [-0.2, 0) is 0 Å². The van der Waals surface area contributed by atoms with Gasteiger partial charge in [0.1, 0.15) is 0 Å². The molecule has 158 valence electrons. The molecule has 4 rings (SSSR count). The van der Waals surface area contributed by atoms with Gasteiger partial charge in [0, 0.05) is 0 Å². The van der Waals surface area contributed by atoms with Crippen molar-refractivity contribution in [3.63, 3.8) is 0 Å². The summed E-state index contributed by atoms with van der Waals surface area (Å²) in [5, 5.41) is 10.2. The highest BCUT2D eigenvalue weighted by molar-refractivity contribution is 5.42. The summed E-state index contributed by atoms with van der Waals surface area (Å²) in [4.78, 5) is 0. The summed E-state index contributed by atoms with van der Waals surface area (Å²) in [5.41, 5.74) is 4.37. The number of fused-ring (bicyclic) bond motifs is 4. The van der Waals surface area contributed by atoms with Gasteiger partial charge in [-0.25, -0.2) is 0 Å². The molecule has 0 amide bonds. The van der Waals surface area contributed by atoms with Gasteiger partial charge in [-0.1, -0.05) is 71.6 Å². The van der Waals surface area contributed by atoms with Gasteiger partial charge in [0.2, 0.25) is 0 Å². The number of allylic oxidation sites excluding steroid dienone is 4. The Balaban J connectivity index is 1.53. The van der Waals surface area contributed by atoms with Crippen LogP contribution in [0.5, 0.6) is 0 Å². The second kappa shape index (κ2) is 7.60. The zero-order valence-electron chi connectivity index (χ0n) is 19.1. The van der Waals surface area contributed by atoms with Gasteiger partial charge in [0.05, 0.1) is 6.10 Å². The number of hydrogen-bond donors (Lipinski definition) is 1. The Morgan fingerprint density at radius 1 is 1.07 bits per heavy atom.